The van der Waals surface area contributed by atoms with Crippen LogP contribution in [0.4, 0.5) is 13.2 Å². The number of rotatable bonds is 10. The first-order valence-corrected chi connectivity index (χ1v) is 16.7. The summed E-state index contributed by atoms with van der Waals surface area (Å²) in [6.45, 7) is 0.0971. The van der Waals surface area contributed by atoms with Crippen LogP contribution in [-0.2, 0) is 21.4 Å². The highest BCUT2D eigenvalue weighted by Gasteiger charge is 2.45. The number of nitrogens with one attached hydrogen (secondary N) is 1. The summed E-state index contributed by atoms with van der Waals surface area (Å²) in [6, 6.07) is 14.7. The van der Waals surface area contributed by atoms with Gasteiger partial charge in [0, 0.05) is 28.5 Å². The fourth-order valence-corrected chi connectivity index (χ4v) is 8.68. The molecule has 3 fully saturated rings. The van der Waals surface area contributed by atoms with Gasteiger partial charge in [0.05, 0.1) is 23.2 Å². The average molecular weight is 657 g/mol. The van der Waals surface area contributed by atoms with Gasteiger partial charge in [-0.25, -0.2) is 17.9 Å². The molecule has 0 saturated heterocycles. The number of fused-ring (bicyclic) bond motifs is 3. The third-order valence-electron chi connectivity index (χ3n) is 9.32. The molecule has 3 saturated carbocycles. The van der Waals surface area contributed by atoms with Gasteiger partial charge < -0.3 is 19.1 Å². The molecule has 4 atom stereocenters. The van der Waals surface area contributed by atoms with Crippen molar-refractivity contribution in [2.24, 2.45) is 11.8 Å². The van der Waals surface area contributed by atoms with Gasteiger partial charge in [0.2, 0.25) is 10.0 Å². The third kappa shape index (κ3) is 6.10. The highest BCUT2D eigenvalue weighted by Crippen LogP contribution is 2.47. The molecular formula is C33H31F3N2O7S. The van der Waals surface area contributed by atoms with E-state index < -0.39 is 22.4 Å². The van der Waals surface area contributed by atoms with E-state index in [4.69, 9.17) is 9.26 Å². The molecule has 7 rings (SSSR count). The lowest BCUT2D eigenvalue weighted by atomic mass is 9.83. The summed E-state index contributed by atoms with van der Waals surface area (Å²) in [4.78, 5) is 11.5. The van der Waals surface area contributed by atoms with Crippen molar-refractivity contribution in [2.45, 2.75) is 74.5 Å². The van der Waals surface area contributed by atoms with Crippen molar-refractivity contribution in [3.05, 3.63) is 77.6 Å². The van der Waals surface area contributed by atoms with Gasteiger partial charge in [-0.05, 0) is 86.1 Å². The first-order chi connectivity index (χ1) is 22.0. The van der Waals surface area contributed by atoms with Crippen LogP contribution in [-0.4, -0.2) is 43.2 Å². The van der Waals surface area contributed by atoms with Crippen LogP contribution in [0, 0.1) is 11.8 Å². The van der Waals surface area contributed by atoms with E-state index in [0.29, 0.717) is 34.9 Å². The lowest BCUT2D eigenvalue weighted by molar-refractivity contribution is -0.274. The van der Waals surface area contributed by atoms with Gasteiger partial charge in [-0.15, -0.1) is 13.2 Å². The van der Waals surface area contributed by atoms with E-state index >= 15 is 0 Å². The molecule has 0 aliphatic heterocycles. The second-order valence-corrected chi connectivity index (χ2v) is 14.0. The second-order valence-electron chi connectivity index (χ2n) is 12.3. The largest absolute Gasteiger partial charge is 0.573 e. The van der Waals surface area contributed by atoms with Gasteiger partial charge in [-0.3, -0.25) is 0 Å². The van der Waals surface area contributed by atoms with E-state index in [-0.39, 0.29) is 64.0 Å². The maximum atomic E-state index is 13.7. The van der Waals surface area contributed by atoms with Gasteiger partial charge in [-0.2, -0.15) is 0 Å². The van der Waals surface area contributed by atoms with Gasteiger partial charge in [0.15, 0.2) is 0 Å². The van der Waals surface area contributed by atoms with Gasteiger partial charge in [-0.1, -0.05) is 35.5 Å². The molecule has 2 unspecified atom stereocenters. The monoisotopic (exact) mass is 656 g/mol. The van der Waals surface area contributed by atoms with Crippen LogP contribution >= 0.6 is 0 Å². The normalized spacial score (nSPS) is 23.1. The molecule has 3 aromatic carbocycles. The molecule has 46 heavy (non-hydrogen) atoms. The standard InChI is InChI=1S/C33H31F3N2O7S/c34-33(35,36)44-27-6-2-1-5-25(27)30-26(31(45-37-30)18-8-9-18)17-43-23-15-20-10-11-21(16-23)29(20)38-46(41,42)28-7-3-4-19-14-22(32(39)40)12-13-24(19)28/h1-7,12-14,18,20-21,23,29,38H,8-11,15-17H2,(H,39,40)/t20-,21+,23?,29?. The van der Waals surface area contributed by atoms with Crippen molar-refractivity contribution in [3.8, 4) is 17.0 Å². The molecule has 3 aliphatic rings. The summed E-state index contributed by atoms with van der Waals surface area (Å²) < 4.78 is 86.0. The van der Waals surface area contributed by atoms with Crippen molar-refractivity contribution in [1.29, 1.82) is 0 Å². The summed E-state index contributed by atoms with van der Waals surface area (Å²) in [6.07, 6.45) is -0.340. The number of ether oxygens (including phenoxy) is 2. The van der Waals surface area contributed by atoms with E-state index in [2.05, 4.69) is 14.6 Å². The quantitative estimate of drug-likeness (QED) is 0.186. The van der Waals surface area contributed by atoms with Crippen LogP contribution < -0.4 is 9.46 Å². The number of carboxylic acid groups (broad SMARTS) is 1. The molecule has 242 valence electrons. The van der Waals surface area contributed by atoms with Crippen LogP contribution in [0.1, 0.15) is 66.1 Å². The van der Waals surface area contributed by atoms with Gasteiger partial charge in [0.1, 0.15) is 17.2 Å². The second kappa shape index (κ2) is 11.7. The number of benzene rings is 3. The Morgan fingerprint density at radius 1 is 1.00 bits per heavy atom. The van der Waals surface area contributed by atoms with Crippen molar-refractivity contribution in [2.75, 3.05) is 0 Å². The zero-order valence-corrected chi connectivity index (χ0v) is 25.3. The van der Waals surface area contributed by atoms with Gasteiger partial charge >= 0.3 is 12.3 Å². The summed E-state index contributed by atoms with van der Waals surface area (Å²) in [7, 11) is -3.92. The maximum Gasteiger partial charge on any atom is 0.573 e. The zero-order valence-electron chi connectivity index (χ0n) is 24.5. The molecule has 0 amide bonds. The smallest absolute Gasteiger partial charge is 0.478 e. The van der Waals surface area contributed by atoms with Crippen molar-refractivity contribution in [1.82, 2.24) is 9.88 Å². The van der Waals surface area contributed by atoms with Crippen LogP contribution in [0.15, 0.2) is 70.1 Å². The van der Waals surface area contributed by atoms with E-state index in [0.717, 1.165) is 25.7 Å². The minimum Gasteiger partial charge on any atom is -0.478 e. The lowest BCUT2D eigenvalue weighted by Gasteiger charge is -2.35. The molecule has 2 bridgehead atoms. The number of aromatic carboxylic acids is 1. The number of hydrogen-bond donors (Lipinski definition) is 2. The number of carbonyl (C=O) groups is 1. The van der Waals surface area contributed by atoms with E-state index in [1.807, 2.05) is 0 Å². The van der Waals surface area contributed by atoms with E-state index in [9.17, 15) is 31.5 Å². The SMILES string of the molecule is O=C(O)c1ccc2c(S(=O)(=O)NC3[C@@H]4CC[C@H]3CC(OCc3c(-c5ccccc5OC(F)(F)F)noc3C3CC3)C4)cccc2c1. The Morgan fingerprint density at radius 2 is 1.74 bits per heavy atom. The predicted octanol–water partition coefficient (Wildman–Crippen LogP) is 7.02. The Labute approximate surface area is 262 Å². The molecule has 3 aliphatic carbocycles. The minimum absolute atomic E-state index is 0.0397. The van der Waals surface area contributed by atoms with Crippen LogP contribution in [0.2, 0.25) is 0 Å². The fraction of sp³-hybridized carbons (Fsp3) is 0.394. The number of hydrogen-bond acceptors (Lipinski definition) is 7. The first kappa shape index (κ1) is 30.7. The third-order valence-corrected chi connectivity index (χ3v) is 10.8. The molecule has 0 radical (unpaired) electrons. The Bertz CT molecular complexity index is 1890. The Hall–Kier alpha value is -3.94. The average Bonchev–Trinajstić information content (AvgIpc) is 3.73. The van der Waals surface area contributed by atoms with Crippen molar-refractivity contribution in [3.63, 3.8) is 0 Å². The number of halogens is 3. The topological polar surface area (TPSA) is 128 Å². The number of carboxylic acids is 1. The van der Waals surface area contributed by atoms with Gasteiger partial charge in [0.25, 0.3) is 0 Å². The predicted molar refractivity (Wildman–Crippen MR) is 160 cm³/mol. The first-order valence-electron chi connectivity index (χ1n) is 15.2. The maximum absolute atomic E-state index is 13.7. The molecule has 2 N–H and O–H groups in total. The molecule has 1 aromatic heterocycles. The molecular weight excluding hydrogens is 625 g/mol. The van der Waals surface area contributed by atoms with Crippen LogP contribution in [0.5, 0.6) is 5.75 Å². The molecule has 13 heteroatoms. The Morgan fingerprint density at radius 3 is 2.43 bits per heavy atom. The van der Waals surface area contributed by atoms with Crippen LogP contribution in [0.25, 0.3) is 22.0 Å². The number of sulfonamides is 1. The lowest BCUT2D eigenvalue weighted by Crippen LogP contribution is -2.46. The molecule has 1 heterocycles. The number of para-hydroxylation sites is 1. The van der Waals surface area contributed by atoms with E-state index in [1.54, 1.807) is 18.2 Å². The van der Waals surface area contributed by atoms with E-state index in [1.165, 1.54) is 42.5 Å². The highest BCUT2D eigenvalue weighted by molar-refractivity contribution is 7.89. The summed E-state index contributed by atoms with van der Waals surface area (Å²) in [5.74, 6) is -0.622. The Kier molecular flexibility index (Phi) is 7.81. The number of nitrogens with zero attached hydrogens (tertiary/aromatic N) is 1. The van der Waals surface area contributed by atoms with Crippen molar-refractivity contribution < 1.29 is 45.5 Å². The zero-order chi connectivity index (χ0) is 32.2. The summed E-state index contributed by atoms with van der Waals surface area (Å²) in [5.41, 5.74) is 1.11. The molecule has 4 aromatic rings. The summed E-state index contributed by atoms with van der Waals surface area (Å²) >= 11 is 0. The minimum atomic E-state index is -4.87. The fourth-order valence-electron chi connectivity index (χ4n) is 7.08. The van der Waals surface area contributed by atoms with Crippen LogP contribution in [0.3, 0.4) is 0 Å². The Balaban J connectivity index is 1.07. The molecule has 9 nitrogen and oxygen atoms in total. The molecule has 0 spiro atoms. The number of aromatic nitrogens is 1. The summed E-state index contributed by atoms with van der Waals surface area (Å²) in [5, 5.41) is 14.5. The highest BCUT2D eigenvalue weighted by atomic mass is 32.2. The van der Waals surface area contributed by atoms with Crippen molar-refractivity contribution >= 4 is 26.8 Å². The number of alkyl halides is 3.